The summed E-state index contributed by atoms with van der Waals surface area (Å²) in [5, 5.41) is 0. The molecule has 0 aromatic rings. The number of methoxy groups -OCH3 is 2. The first kappa shape index (κ1) is 9.71. The van der Waals surface area contributed by atoms with E-state index in [4.69, 9.17) is 18.9 Å². The van der Waals surface area contributed by atoms with Crippen LogP contribution in [0.15, 0.2) is 24.0 Å². The molecule has 1 heterocycles. The van der Waals surface area contributed by atoms with Gasteiger partial charge >= 0.3 is 0 Å². The fourth-order valence-electron chi connectivity index (χ4n) is 1.56. The summed E-state index contributed by atoms with van der Waals surface area (Å²) in [5.41, 5.74) is -0.439. The quantitative estimate of drug-likeness (QED) is 0.624. The van der Waals surface area contributed by atoms with Crippen molar-refractivity contribution >= 4 is 0 Å². The van der Waals surface area contributed by atoms with E-state index in [0.29, 0.717) is 5.76 Å². The summed E-state index contributed by atoms with van der Waals surface area (Å²) < 4.78 is 21.3. The molecule has 0 N–H and O–H groups in total. The number of hydrogen-bond acceptors (Lipinski definition) is 4. The van der Waals surface area contributed by atoms with Crippen LogP contribution in [0.25, 0.3) is 0 Å². The Morgan fingerprint density at radius 3 is 2.71 bits per heavy atom. The van der Waals surface area contributed by atoms with Crippen molar-refractivity contribution in [3.05, 3.63) is 24.0 Å². The smallest absolute Gasteiger partial charge is 0.250 e. The second-order valence-corrected chi connectivity index (χ2v) is 3.51. The van der Waals surface area contributed by atoms with Gasteiger partial charge in [-0.25, -0.2) is 0 Å². The number of hydrogen-bond donors (Lipinski definition) is 0. The van der Waals surface area contributed by atoms with E-state index in [2.05, 4.69) is 0 Å². The highest BCUT2D eigenvalue weighted by Crippen LogP contribution is 2.38. The molecule has 14 heavy (non-hydrogen) atoms. The van der Waals surface area contributed by atoms with Crippen molar-refractivity contribution in [2.75, 3.05) is 21.0 Å². The van der Waals surface area contributed by atoms with Gasteiger partial charge in [0.15, 0.2) is 12.6 Å². The number of ether oxygens (including phenoxy) is 4. The predicted molar refractivity (Wildman–Crippen MR) is 49.4 cm³/mol. The van der Waals surface area contributed by atoms with Crippen LogP contribution in [-0.2, 0) is 18.9 Å². The van der Waals surface area contributed by atoms with Crippen LogP contribution in [0.3, 0.4) is 0 Å². The molecule has 0 aromatic heterocycles. The topological polar surface area (TPSA) is 36.9 Å². The van der Waals surface area contributed by atoms with Gasteiger partial charge in [0.1, 0.15) is 5.60 Å². The Morgan fingerprint density at radius 2 is 2.07 bits per heavy atom. The monoisotopic (exact) mass is 198 g/mol. The normalized spacial score (nSPS) is 40.4. The molecule has 1 aliphatic heterocycles. The van der Waals surface area contributed by atoms with Crippen molar-refractivity contribution in [3.63, 3.8) is 0 Å². The van der Waals surface area contributed by atoms with Gasteiger partial charge in [0.05, 0.1) is 0 Å². The molecule has 2 atom stereocenters. The third kappa shape index (κ3) is 1.27. The molecule has 0 amide bonds. The van der Waals surface area contributed by atoms with Gasteiger partial charge in [0.2, 0.25) is 0 Å². The first-order valence-electron chi connectivity index (χ1n) is 4.45. The predicted octanol–water partition coefficient (Wildman–Crippen LogP) is 1.19. The van der Waals surface area contributed by atoms with Crippen LogP contribution >= 0.6 is 0 Å². The lowest BCUT2D eigenvalue weighted by atomic mass is 9.95. The van der Waals surface area contributed by atoms with Gasteiger partial charge in [-0.2, -0.15) is 0 Å². The van der Waals surface area contributed by atoms with Crippen LogP contribution in [-0.4, -0.2) is 32.4 Å². The molecule has 2 rings (SSSR count). The van der Waals surface area contributed by atoms with Crippen LogP contribution in [0, 0.1) is 0 Å². The van der Waals surface area contributed by atoms with E-state index in [1.807, 2.05) is 25.2 Å². The molecular formula is C10H14O4. The zero-order valence-corrected chi connectivity index (χ0v) is 8.57. The van der Waals surface area contributed by atoms with Crippen LogP contribution in [0.2, 0.25) is 0 Å². The summed E-state index contributed by atoms with van der Waals surface area (Å²) in [6.07, 6.45) is 5.58. The molecule has 0 saturated carbocycles. The molecule has 0 bridgehead atoms. The lowest BCUT2D eigenvalue weighted by molar-refractivity contribution is -0.141. The Morgan fingerprint density at radius 1 is 1.29 bits per heavy atom. The molecule has 1 aliphatic carbocycles. The Balaban J connectivity index is 2.35. The molecule has 4 heteroatoms. The van der Waals surface area contributed by atoms with E-state index in [-0.39, 0.29) is 6.79 Å². The van der Waals surface area contributed by atoms with Crippen molar-refractivity contribution in [2.24, 2.45) is 0 Å². The third-order valence-electron chi connectivity index (χ3n) is 2.63. The summed E-state index contributed by atoms with van der Waals surface area (Å²) in [7, 11) is 3.24. The molecular weight excluding hydrogens is 184 g/mol. The summed E-state index contributed by atoms with van der Waals surface area (Å²) >= 11 is 0. The van der Waals surface area contributed by atoms with E-state index >= 15 is 0 Å². The fraction of sp³-hybridized carbons (Fsp3) is 0.600. The van der Waals surface area contributed by atoms with Crippen molar-refractivity contribution in [1.82, 2.24) is 0 Å². The van der Waals surface area contributed by atoms with Gasteiger partial charge in [-0.05, 0) is 25.2 Å². The zero-order valence-electron chi connectivity index (χ0n) is 8.57. The highest BCUT2D eigenvalue weighted by molar-refractivity contribution is 5.31. The first-order chi connectivity index (χ1) is 6.64. The van der Waals surface area contributed by atoms with Crippen LogP contribution < -0.4 is 0 Å². The Kier molecular flexibility index (Phi) is 2.14. The Labute approximate surface area is 83.1 Å². The van der Waals surface area contributed by atoms with Crippen molar-refractivity contribution in [1.29, 1.82) is 0 Å². The molecule has 0 radical (unpaired) electrons. The second-order valence-electron chi connectivity index (χ2n) is 3.51. The van der Waals surface area contributed by atoms with Crippen molar-refractivity contribution in [3.8, 4) is 0 Å². The van der Waals surface area contributed by atoms with Gasteiger partial charge in [0, 0.05) is 14.2 Å². The van der Waals surface area contributed by atoms with Gasteiger partial charge in [-0.1, -0.05) is 0 Å². The average Bonchev–Trinajstić information content (AvgIpc) is 2.61. The maximum absolute atomic E-state index is 5.38. The molecule has 1 saturated heterocycles. The molecule has 4 nitrogen and oxygen atoms in total. The van der Waals surface area contributed by atoms with E-state index in [1.54, 1.807) is 14.2 Å². The number of rotatable bonds is 2. The van der Waals surface area contributed by atoms with Crippen molar-refractivity contribution in [2.45, 2.75) is 18.3 Å². The van der Waals surface area contributed by atoms with Gasteiger partial charge < -0.3 is 18.9 Å². The largest absolute Gasteiger partial charge is 0.466 e. The average molecular weight is 198 g/mol. The highest BCUT2D eigenvalue weighted by atomic mass is 16.8. The highest BCUT2D eigenvalue weighted by Gasteiger charge is 2.45. The minimum absolute atomic E-state index is 0.212. The van der Waals surface area contributed by atoms with E-state index in [0.717, 1.165) is 0 Å². The Hall–Kier alpha value is -0.840. The SMILES string of the molecule is COC1(C)C=CC2(OC)OCOC2=C1. The number of fused-ring (bicyclic) bond motifs is 1. The lowest BCUT2D eigenvalue weighted by Crippen LogP contribution is -2.37. The van der Waals surface area contributed by atoms with Crippen LogP contribution in [0.1, 0.15) is 6.92 Å². The summed E-state index contributed by atoms with van der Waals surface area (Å²) in [5.74, 6) is -0.176. The first-order valence-corrected chi connectivity index (χ1v) is 4.45. The summed E-state index contributed by atoms with van der Waals surface area (Å²) in [6, 6.07) is 0. The van der Waals surface area contributed by atoms with Gasteiger partial charge in [-0.15, -0.1) is 0 Å². The van der Waals surface area contributed by atoms with Gasteiger partial charge in [0.25, 0.3) is 5.79 Å². The van der Waals surface area contributed by atoms with Crippen LogP contribution in [0.5, 0.6) is 0 Å². The minimum atomic E-state index is -0.835. The maximum Gasteiger partial charge on any atom is 0.250 e. The fourth-order valence-corrected chi connectivity index (χ4v) is 1.56. The molecule has 0 spiro atoms. The lowest BCUT2D eigenvalue weighted by Gasteiger charge is -2.31. The van der Waals surface area contributed by atoms with Gasteiger partial charge in [-0.3, -0.25) is 0 Å². The minimum Gasteiger partial charge on any atom is -0.466 e. The molecule has 2 unspecified atom stereocenters. The molecule has 0 aromatic carbocycles. The van der Waals surface area contributed by atoms with Crippen molar-refractivity contribution < 1.29 is 18.9 Å². The summed E-state index contributed by atoms with van der Waals surface area (Å²) in [6.45, 7) is 2.15. The molecule has 1 fully saturated rings. The molecule has 78 valence electrons. The summed E-state index contributed by atoms with van der Waals surface area (Å²) in [4.78, 5) is 0. The third-order valence-corrected chi connectivity index (χ3v) is 2.63. The van der Waals surface area contributed by atoms with E-state index in [9.17, 15) is 0 Å². The second kappa shape index (κ2) is 3.08. The zero-order chi connectivity index (χ0) is 10.2. The molecule has 2 aliphatic rings. The van der Waals surface area contributed by atoms with Crippen LogP contribution in [0.4, 0.5) is 0 Å². The Bertz CT molecular complexity index is 296. The van der Waals surface area contributed by atoms with E-state index in [1.165, 1.54) is 0 Å². The standard InChI is InChI=1S/C10H14O4/c1-9(11-2)4-5-10(12-3)8(6-9)13-7-14-10/h4-6H,7H2,1-3H3. The maximum atomic E-state index is 5.38. The van der Waals surface area contributed by atoms with E-state index < -0.39 is 11.4 Å².